The third-order valence-electron chi connectivity index (χ3n) is 2.72. The van der Waals surface area contributed by atoms with Gasteiger partial charge in [-0.2, -0.15) is 0 Å². The van der Waals surface area contributed by atoms with Gasteiger partial charge >= 0.3 is 0 Å². The highest BCUT2D eigenvalue weighted by Gasteiger charge is 2.28. The van der Waals surface area contributed by atoms with Crippen LogP contribution in [0.5, 0.6) is 0 Å². The Morgan fingerprint density at radius 2 is 1.93 bits per heavy atom. The van der Waals surface area contributed by atoms with E-state index in [1.54, 1.807) is 4.90 Å². The summed E-state index contributed by atoms with van der Waals surface area (Å²) >= 11 is 0. The van der Waals surface area contributed by atoms with Crippen LogP contribution in [-0.4, -0.2) is 47.3 Å². The van der Waals surface area contributed by atoms with Crippen molar-refractivity contribution in [1.82, 2.24) is 4.90 Å². The second-order valence-corrected chi connectivity index (χ2v) is 3.75. The lowest BCUT2D eigenvalue weighted by molar-refractivity contribution is -0.138. The minimum Gasteiger partial charge on any atom is -0.396 e. The second kappa shape index (κ2) is 5.98. The molecule has 1 fully saturated rings. The average Bonchev–Trinajstić information content (AvgIpc) is 2.09. The van der Waals surface area contributed by atoms with E-state index in [-0.39, 0.29) is 25.0 Å². The summed E-state index contributed by atoms with van der Waals surface area (Å²) in [7, 11) is 0. The molecule has 0 heterocycles. The lowest BCUT2D eigenvalue weighted by atomic mass is 9.84. The molecule has 0 saturated heterocycles. The molecule has 0 radical (unpaired) electrons. The fourth-order valence-electron chi connectivity index (χ4n) is 1.63. The monoisotopic (exact) mass is 201 g/mol. The number of nitrogens with zero attached hydrogens (tertiary/aromatic N) is 1. The molecular weight excluding hydrogens is 182 g/mol. The van der Waals surface area contributed by atoms with Crippen LogP contribution in [0, 0.1) is 5.92 Å². The van der Waals surface area contributed by atoms with E-state index in [2.05, 4.69) is 0 Å². The van der Waals surface area contributed by atoms with Crippen LogP contribution in [0.2, 0.25) is 0 Å². The minimum atomic E-state index is 0.00386. The zero-order chi connectivity index (χ0) is 10.4. The van der Waals surface area contributed by atoms with Gasteiger partial charge < -0.3 is 15.1 Å². The number of carbonyl (C=O) groups is 1. The average molecular weight is 201 g/mol. The van der Waals surface area contributed by atoms with Gasteiger partial charge in [0.25, 0.3) is 0 Å². The minimum absolute atomic E-state index is 0.00386. The Bertz CT molecular complexity index is 180. The highest BCUT2D eigenvalue weighted by atomic mass is 16.3. The summed E-state index contributed by atoms with van der Waals surface area (Å²) in [5, 5.41) is 17.5. The van der Waals surface area contributed by atoms with Gasteiger partial charge in [0, 0.05) is 25.6 Å². The predicted octanol–water partition coefficient (Wildman–Crippen LogP) is -0.0102. The van der Waals surface area contributed by atoms with Crippen molar-refractivity contribution < 1.29 is 15.0 Å². The van der Waals surface area contributed by atoms with E-state index in [1.165, 1.54) is 0 Å². The van der Waals surface area contributed by atoms with Crippen LogP contribution in [0.3, 0.4) is 0 Å². The molecule has 0 aromatic rings. The lowest BCUT2D eigenvalue weighted by Gasteiger charge is -2.31. The molecular formula is C10H19NO3. The Morgan fingerprint density at radius 1 is 1.21 bits per heavy atom. The molecule has 0 aliphatic heterocycles. The molecule has 1 saturated carbocycles. The fourth-order valence-corrected chi connectivity index (χ4v) is 1.63. The van der Waals surface area contributed by atoms with Crippen molar-refractivity contribution in [2.75, 3.05) is 26.3 Å². The molecule has 14 heavy (non-hydrogen) atoms. The summed E-state index contributed by atoms with van der Waals surface area (Å²) in [5.74, 6) is 0.332. The molecule has 0 aromatic carbocycles. The summed E-state index contributed by atoms with van der Waals surface area (Å²) in [5.41, 5.74) is 0. The molecule has 0 spiro atoms. The van der Waals surface area contributed by atoms with Crippen molar-refractivity contribution in [2.24, 2.45) is 5.92 Å². The number of hydrogen-bond donors (Lipinski definition) is 2. The van der Waals surface area contributed by atoms with Gasteiger partial charge in [0.15, 0.2) is 0 Å². The summed E-state index contributed by atoms with van der Waals surface area (Å²) in [6, 6.07) is 0. The van der Waals surface area contributed by atoms with E-state index in [9.17, 15) is 4.79 Å². The standard InChI is InChI=1S/C10H19NO3/c12-7-2-5-11(6-8-13)10(14)9-3-1-4-9/h9,12-13H,1-8H2. The van der Waals surface area contributed by atoms with Crippen LogP contribution in [0.25, 0.3) is 0 Å². The third-order valence-corrected chi connectivity index (χ3v) is 2.72. The van der Waals surface area contributed by atoms with Gasteiger partial charge in [0.05, 0.1) is 6.61 Å². The zero-order valence-corrected chi connectivity index (χ0v) is 8.48. The highest BCUT2D eigenvalue weighted by Crippen LogP contribution is 2.28. The van der Waals surface area contributed by atoms with Gasteiger partial charge in [-0.15, -0.1) is 0 Å². The SMILES string of the molecule is O=C(C1CCC1)N(CCO)CCCO. The molecule has 1 aliphatic carbocycles. The van der Waals surface area contributed by atoms with Crippen molar-refractivity contribution >= 4 is 5.91 Å². The van der Waals surface area contributed by atoms with Gasteiger partial charge in [-0.05, 0) is 19.3 Å². The van der Waals surface area contributed by atoms with E-state index < -0.39 is 0 Å². The van der Waals surface area contributed by atoms with Crippen LogP contribution < -0.4 is 0 Å². The van der Waals surface area contributed by atoms with E-state index in [4.69, 9.17) is 10.2 Å². The van der Waals surface area contributed by atoms with E-state index in [0.29, 0.717) is 19.5 Å². The van der Waals surface area contributed by atoms with Crippen LogP contribution in [0.15, 0.2) is 0 Å². The molecule has 1 amide bonds. The molecule has 2 N–H and O–H groups in total. The smallest absolute Gasteiger partial charge is 0.225 e. The molecule has 1 aliphatic rings. The van der Waals surface area contributed by atoms with Gasteiger partial charge in [-0.25, -0.2) is 0 Å². The molecule has 0 atom stereocenters. The first-order valence-corrected chi connectivity index (χ1v) is 5.30. The Morgan fingerprint density at radius 3 is 2.36 bits per heavy atom. The number of aliphatic hydroxyl groups is 2. The molecule has 0 bridgehead atoms. The Labute approximate surface area is 84.5 Å². The van der Waals surface area contributed by atoms with Gasteiger partial charge in [0.1, 0.15) is 0 Å². The van der Waals surface area contributed by atoms with Crippen molar-refractivity contribution in [1.29, 1.82) is 0 Å². The number of amides is 1. The van der Waals surface area contributed by atoms with Crippen LogP contribution in [0.1, 0.15) is 25.7 Å². The Balaban J connectivity index is 2.34. The van der Waals surface area contributed by atoms with Crippen LogP contribution >= 0.6 is 0 Å². The van der Waals surface area contributed by atoms with Crippen molar-refractivity contribution in [3.8, 4) is 0 Å². The maximum absolute atomic E-state index is 11.8. The third kappa shape index (κ3) is 2.96. The first-order chi connectivity index (χ1) is 6.79. The molecule has 82 valence electrons. The molecule has 4 nitrogen and oxygen atoms in total. The van der Waals surface area contributed by atoms with Gasteiger partial charge in [0.2, 0.25) is 5.91 Å². The maximum atomic E-state index is 11.8. The van der Waals surface area contributed by atoms with Crippen molar-refractivity contribution in [3.63, 3.8) is 0 Å². The zero-order valence-electron chi connectivity index (χ0n) is 8.48. The number of hydrogen-bond acceptors (Lipinski definition) is 3. The second-order valence-electron chi connectivity index (χ2n) is 3.75. The van der Waals surface area contributed by atoms with Crippen molar-refractivity contribution in [2.45, 2.75) is 25.7 Å². The van der Waals surface area contributed by atoms with Gasteiger partial charge in [-0.1, -0.05) is 6.42 Å². The van der Waals surface area contributed by atoms with Crippen LogP contribution in [-0.2, 0) is 4.79 Å². The van der Waals surface area contributed by atoms with E-state index in [0.717, 1.165) is 19.3 Å². The summed E-state index contributed by atoms with van der Waals surface area (Å²) in [6.45, 7) is 1.06. The maximum Gasteiger partial charge on any atom is 0.225 e. The molecule has 0 unspecified atom stereocenters. The van der Waals surface area contributed by atoms with E-state index in [1.807, 2.05) is 0 Å². The van der Waals surface area contributed by atoms with Crippen molar-refractivity contribution in [3.05, 3.63) is 0 Å². The first-order valence-electron chi connectivity index (χ1n) is 5.30. The van der Waals surface area contributed by atoms with Gasteiger partial charge in [-0.3, -0.25) is 4.79 Å². The first kappa shape index (κ1) is 11.5. The Kier molecular flexibility index (Phi) is 4.90. The summed E-state index contributed by atoms with van der Waals surface area (Å²) < 4.78 is 0. The lowest BCUT2D eigenvalue weighted by Crippen LogP contribution is -2.41. The van der Waals surface area contributed by atoms with Crippen LogP contribution in [0.4, 0.5) is 0 Å². The summed E-state index contributed by atoms with van der Waals surface area (Å²) in [4.78, 5) is 13.4. The topological polar surface area (TPSA) is 60.8 Å². The highest BCUT2D eigenvalue weighted by molar-refractivity contribution is 5.79. The quantitative estimate of drug-likeness (QED) is 0.635. The summed E-state index contributed by atoms with van der Waals surface area (Å²) in [6.07, 6.45) is 3.71. The predicted molar refractivity (Wildman–Crippen MR) is 52.7 cm³/mol. The molecule has 0 aromatic heterocycles. The fraction of sp³-hybridized carbons (Fsp3) is 0.900. The molecule has 4 heteroatoms. The van der Waals surface area contributed by atoms with E-state index >= 15 is 0 Å². The number of carbonyl (C=O) groups excluding carboxylic acids is 1. The number of rotatable bonds is 6. The number of aliphatic hydroxyl groups excluding tert-OH is 2. The largest absolute Gasteiger partial charge is 0.396 e. The molecule has 1 rings (SSSR count). The Hall–Kier alpha value is -0.610. The normalized spacial score (nSPS) is 16.4.